The number of imidazole rings is 1. The van der Waals surface area contributed by atoms with E-state index in [0.29, 0.717) is 25.2 Å². The molecule has 4 nitrogen and oxygen atoms in total. The number of aromatic amines is 1. The molecule has 1 aromatic rings. The summed E-state index contributed by atoms with van der Waals surface area (Å²) in [6, 6.07) is 0. The Hall–Kier alpha value is -1.53. The van der Waals surface area contributed by atoms with Crippen LogP contribution in [0.3, 0.4) is 0 Å². The van der Waals surface area contributed by atoms with E-state index in [1.54, 1.807) is 19.4 Å². The number of rotatable bonds is 3. The number of hydrogen-bond acceptors (Lipinski definition) is 2. The molecule has 1 N–H and O–H groups in total. The van der Waals surface area contributed by atoms with E-state index in [4.69, 9.17) is 0 Å². The minimum absolute atomic E-state index is 0.0501. The molecule has 112 valence electrons. The molecule has 2 rings (SSSR count). The lowest BCUT2D eigenvalue weighted by Gasteiger charge is -2.31. The van der Waals surface area contributed by atoms with Gasteiger partial charge in [-0.1, -0.05) is 0 Å². The maximum Gasteiger partial charge on any atom is 0.391 e. The largest absolute Gasteiger partial charge is 0.391 e. The Bertz CT molecular complexity index is 436. The van der Waals surface area contributed by atoms with Gasteiger partial charge in [-0.3, -0.25) is 4.79 Å². The second-order valence-corrected chi connectivity index (χ2v) is 5.32. The minimum Gasteiger partial charge on any atom is -0.347 e. The van der Waals surface area contributed by atoms with Crippen molar-refractivity contribution in [2.24, 2.45) is 11.8 Å². The first-order chi connectivity index (χ1) is 9.38. The van der Waals surface area contributed by atoms with Crippen LogP contribution >= 0.6 is 0 Å². The number of carbonyl (C=O) groups is 1. The van der Waals surface area contributed by atoms with Crippen LogP contribution in [-0.4, -0.2) is 34.0 Å². The number of nitrogens with one attached hydrogen (secondary N) is 1. The van der Waals surface area contributed by atoms with Gasteiger partial charge >= 0.3 is 6.18 Å². The normalized spacial score (nSPS) is 23.6. The van der Waals surface area contributed by atoms with Crippen LogP contribution < -0.4 is 0 Å². The fourth-order valence-electron chi connectivity index (χ4n) is 2.67. The first-order valence-corrected chi connectivity index (χ1v) is 6.68. The molecule has 1 saturated carbocycles. The van der Waals surface area contributed by atoms with E-state index < -0.39 is 12.1 Å². The summed E-state index contributed by atoms with van der Waals surface area (Å²) < 4.78 is 37.7. The van der Waals surface area contributed by atoms with Gasteiger partial charge in [-0.15, -0.1) is 0 Å². The van der Waals surface area contributed by atoms with Crippen molar-refractivity contribution in [1.82, 2.24) is 14.9 Å². The molecule has 0 aliphatic heterocycles. The Kier molecular flexibility index (Phi) is 4.35. The smallest absolute Gasteiger partial charge is 0.347 e. The van der Waals surface area contributed by atoms with Gasteiger partial charge in [0.15, 0.2) is 0 Å². The van der Waals surface area contributed by atoms with Crippen LogP contribution in [-0.2, 0) is 11.3 Å². The molecule has 1 aliphatic rings. The van der Waals surface area contributed by atoms with Crippen molar-refractivity contribution in [3.05, 3.63) is 18.2 Å². The average Bonchev–Trinajstić information content (AvgIpc) is 2.90. The summed E-state index contributed by atoms with van der Waals surface area (Å²) in [7, 11) is 1.65. The number of nitrogens with zero attached hydrogens (tertiary/aromatic N) is 2. The van der Waals surface area contributed by atoms with Gasteiger partial charge in [0.2, 0.25) is 5.91 Å². The van der Waals surface area contributed by atoms with Crippen molar-refractivity contribution in [3.63, 3.8) is 0 Å². The lowest BCUT2D eigenvalue weighted by Crippen LogP contribution is -2.37. The van der Waals surface area contributed by atoms with Gasteiger partial charge in [0.05, 0.1) is 12.5 Å². The predicted octanol–water partition coefficient (Wildman–Crippen LogP) is 2.74. The van der Waals surface area contributed by atoms with Crippen molar-refractivity contribution in [1.29, 1.82) is 0 Å². The molecule has 1 heterocycles. The van der Waals surface area contributed by atoms with Gasteiger partial charge in [0.25, 0.3) is 0 Å². The van der Waals surface area contributed by atoms with Gasteiger partial charge in [0.1, 0.15) is 5.82 Å². The fourth-order valence-corrected chi connectivity index (χ4v) is 2.67. The number of H-pyrrole nitrogens is 1. The molecule has 1 fully saturated rings. The van der Waals surface area contributed by atoms with Crippen LogP contribution in [0, 0.1) is 11.8 Å². The molecule has 7 heteroatoms. The number of hydrogen-bond donors (Lipinski definition) is 1. The summed E-state index contributed by atoms with van der Waals surface area (Å²) in [4.78, 5) is 20.6. The summed E-state index contributed by atoms with van der Waals surface area (Å²) in [6.07, 6.45) is -0.140. The van der Waals surface area contributed by atoms with Crippen LogP contribution in [0.2, 0.25) is 0 Å². The first-order valence-electron chi connectivity index (χ1n) is 6.68. The molecule has 20 heavy (non-hydrogen) atoms. The summed E-state index contributed by atoms with van der Waals surface area (Å²) in [5.74, 6) is -0.970. The molecule has 0 bridgehead atoms. The highest BCUT2D eigenvalue weighted by atomic mass is 19.4. The highest BCUT2D eigenvalue weighted by Gasteiger charge is 2.42. The second-order valence-electron chi connectivity index (χ2n) is 5.32. The van der Waals surface area contributed by atoms with Crippen molar-refractivity contribution in [2.75, 3.05) is 7.05 Å². The van der Waals surface area contributed by atoms with E-state index in [2.05, 4.69) is 9.97 Å². The third-order valence-corrected chi connectivity index (χ3v) is 3.86. The molecular formula is C13H18F3N3O. The van der Waals surface area contributed by atoms with Crippen molar-refractivity contribution in [3.8, 4) is 0 Å². The Labute approximate surface area is 115 Å². The van der Waals surface area contributed by atoms with Crippen LogP contribution in [0.15, 0.2) is 12.4 Å². The summed E-state index contributed by atoms with van der Waals surface area (Å²) in [6.45, 7) is 0.352. The highest BCUT2D eigenvalue weighted by molar-refractivity contribution is 5.78. The summed E-state index contributed by atoms with van der Waals surface area (Å²) in [5, 5.41) is 0. The predicted molar refractivity (Wildman–Crippen MR) is 66.6 cm³/mol. The Morgan fingerprint density at radius 3 is 2.55 bits per heavy atom. The molecule has 1 aliphatic carbocycles. The standard InChI is InChI=1S/C13H18F3N3O/c1-19(8-11-17-6-7-18-11)12(20)9-2-4-10(5-3-9)13(14,15)16/h6-7,9-10H,2-5,8H2,1H3,(H,17,18). The van der Waals surface area contributed by atoms with E-state index in [1.807, 2.05) is 0 Å². The molecule has 0 radical (unpaired) electrons. The molecule has 1 amide bonds. The zero-order valence-electron chi connectivity index (χ0n) is 11.3. The van der Waals surface area contributed by atoms with Crippen molar-refractivity contribution in [2.45, 2.75) is 38.4 Å². The van der Waals surface area contributed by atoms with Crippen molar-refractivity contribution >= 4 is 5.91 Å². The third-order valence-electron chi connectivity index (χ3n) is 3.86. The highest BCUT2D eigenvalue weighted by Crippen LogP contribution is 2.39. The van der Waals surface area contributed by atoms with E-state index in [-0.39, 0.29) is 24.7 Å². The van der Waals surface area contributed by atoms with E-state index >= 15 is 0 Å². The van der Waals surface area contributed by atoms with Crippen LogP contribution in [0.1, 0.15) is 31.5 Å². The molecular weight excluding hydrogens is 271 g/mol. The maximum absolute atomic E-state index is 12.6. The first kappa shape index (κ1) is 14.9. The monoisotopic (exact) mass is 289 g/mol. The van der Waals surface area contributed by atoms with Gasteiger partial charge in [0, 0.05) is 25.4 Å². The molecule has 0 saturated heterocycles. The Balaban J connectivity index is 1.85. The summed E-state index contributed by atoms with van der Waals surface area (Å²) in [5.41, 5.74) is 0. The lowest BCUT2D eigenvalue weighted by molar-refractivity contribution is -0.185. The number of alkyl halides is 3. The molecule has 0 aromatic carbocycles. The Morgan fingerprint density at radius 1 is 1.40 bits per heavy atom. The Morgan fingerprint density at radius 2 is 2.05 bits per heavy atom. The average molecular weight is 289 g/mol. The SMILES string of the molecule is CN(Cc1ncc[nH]1)C(=O)C1CCC(C(F)(F)F)CC1. The van der Waals surface area contributed by atoms with Gasteiger partial charge < -0.3 is 9.88 Å². The fraction of sp³-hybridized carbons (Fsp3) is 0.692. The van der Waals surface area contributed by atoms with Gasteiger partial charge in [-0.2, -0.15) is 13.2 Å². The van der Waals surface area contributed by atoms with Gasteiger partial charge in [-0.25, -0.2) is 4.98 Å². The number of halogens is 3. The minimum atomic E-state index is -4.13. The zero-order valence-corrected chi connectivity index (χ0v) is 11.3. The summed E-state index contributed by atoms with van der Waals surface area (Å²) >= 11 is 0. The quantitative estimate of drug-likeness (QED) is 0.930. The maximum atomic E-state index is 12.6. The van der Waals surface area contributed by atoms with Crippen LogP contribution in [0.5, 0.6) is 0 Å². The number of aromatic nitrogens is 2. The molecule has 0 atom stereocenters. The van der Waals surface area contributed by atoms with Crippen LogP contribution in [0.25, 0.3) is 0 Å². The van der Waals surface area contributed by atoms with Crippen molar-refractivity contribution < 1.29 is 18.0 Å². The topological polar surface area (TPSA) is 49.0 Å². The van der Waals surface area contributed by atoms with Crippen LogP contribution in [0.4, 0.5) is 13.2 Å². The van der Waals surface area contributed by atoms with Gasteiger partial charge in [-0.05, 0) is 25.7 Å². The lowest BCUT2D eigenvalue weighted by atomic mass is 9.81. The van der Waals surface area contributed by atoms with E-state index in [1.165, 1.54) is 4.90 Å². The van der Waals surface area contributed by atoms with E-state index in [0.717, 1.165) is 0 Å². The third kappa shape index (κ3) is 3.52. The second kappa shape index (κ2) is 5.85. The zero-order chi connectivity index (χ0) is 14.8. The molecule has 0 unspecified atom stereocenters. The number of carbonyl (C=O) groups excluding carboxylic acids is 1. The van der Waals surface area contributed by atoms with E-state index in [9.17, 15) is 18.0 Å². The molecule has 1 aromatic heterocycles. The number of amides is 1. The molecule has 0 spiro atoms.